The van der Waals surface area contributed by atoms with E-state index in [-0.39, 0.29) is 0 Å². The molecular weight excluding hydrogens is 259 g/mol. The van der Waals surface area contributed by atoms with Crippen LogP contribution < -0.4 is 4.74 Å². The molecular formula is C15H23O3P. The van der Waals surface area contributed by atoms with Gasteiger partial charge in [0.05, 0.1) is 5.16 Å². The van der Waals surface area contributed by atoms with Crippen molar-refractivity contribution in [3.63, 3.8) is 0 Å². The molecule has 1 saturated carbocycles. The van der Waals surface area contributed by atoms with Crippen molar-refractivity contribution in [1.82, 2.24) is 0 Å². The summed E-state index contributed by atoms with van der Waals surface area (Å²) in [5, 5.41) is -0.532. The summed E-state index contributed by atoms with van der Waals surface area (Å²) >= 11 is 0. The van der Waals surface area contributed by atoms with Crippen LogP contribution in [-0.4, -0.2) is 22.8 Å². The largest absolute Gasteiger partial charge is 0.492 e. The third-order valence-corrected chi connectivity index (χ3v) is 7.12. The van der Waals surface area contributed by atoms with Gasteiger partial charge in [0, 0.05) is 6.16 Å². The van der Waals surface area contributed by atoms with Crippen molar-refractivity contribution < 1.29 is 14.2 Å². The van der Waals surface area contributed by atoms with Crippen molar-refractivity contribution in [3.05, 3.63) is 30.3 Å². The SMILES string of the molecule is CCP(=O)(O)C1(COc2ccccc2)CCCCC1. The third kappa shape index (κ3) is 3.21. The van der Waals surface area contributed by atoms with Gasteiger partial charge < -0.3 is 9.63 Å². The Morgan fingerprint density at radius 2 is 1.84 bits per heavy atom. The molecule has 19 heavy (non-hydrogen) atoms. The lowest BCUT2D eigenvalue weighted by Gasteiger charge is -2.39. The molecule has 106 valence electrons. The van der Waals surface area contributed by atoms with Crippen molar-refractivity contribution in [2.45, 2.75) is 44.2 Å². The van der Waals surface area contributed by atoms with Crippen molar-refractivity contribution >= 4 is 7.37 Å². The number of rotatable bonds is 5. The standard InChI is InChI=1S/C15H23O3P/c1-2-19(16,17)15(11-7-4-8-12-15)13-18-14-9-5-3-6-10-14/h3,5-6,9-10H,2,4,7-8,11-13H2,1H3,(H,16,17). The summed E-state index contributed by atoms with van der Waals surface area (Å²) in [6, 6.07) is 9.56. The third-order valence-electron chi connectivity index (χ3n) is 4.20. The molecule has 0 aliphatic heterocycles. The van der Waals surface area contributed by atoms with Crippen LogP contribution in [0, 0.1) is 0 Å². The molecule has 1 N–H and O–H groups in total. The number of ether oxygens (including phenoxy) is 1. The fourth-order valence-corrected chi connectivity index (χ4v) is 4.83. The fourth-order valence-electron chi connectivity index (χ4n) is 2.87. The van der Waals surface area contributed by atoms with Crippen LogP contribution in [0.1, 0.15) is 39.0 Å². The van der Waals surface area contributed by atoms with Crippen molar-refractivity contribution in [2.75, 3.05) is 12.8 Å². The second kappa shape index (κ2) is 6.11. The van der Waals surface area contributed by atoms with E-state index in [1.807, 2.05) is 30.3 Å². The summed E-state index contributed by atoms with van der Waals surface area (Å²) in [5.41, 5.74) is 0. The average Bonchev–Trinajstić information content (AvgIpc) is 2.47. The predicted molar refractivity (Wildman–Crippen MR) is 78.1 cm³/mol. The fraction of sp³-hybridized carbons (Fsp3) is 0.600. The molecule has 1 atom stereocenters. The van der Waals surface area contributed by atoms with E-state index in [9.17, 15) is 9.46 Å². The van der Waals surface area contributed by atoms with Crippen LogP contribution >= 0.6 is 7.37 Å². The zero-order valence-electron chi connectivity index (χ0n) is 11.5. The first-order chi connectivity index (χ1) is 9.10. The van der Waals surface area contributed by atoms with Crippen LogP contribution in [0.5, 0.6) is 5.75 Å². The smallest absolute Gasteiger partial charge is 0.209 e. The summed E-state index contributed by atoms with van der Waals surface area (Å²) in [6.07, 6.45) is 5.18. The molecule has 0 spiro atoms. The first-order valence-electron chi connectivity index (χ1n) is 7.09. The van der Waals surface area contributed by atoms with Gasteiger partial charge in [-0.05, 0) is 25.0 Å². The molecule has 0 bridgehead atoms. The Balaban J connectivity index is 2.13. The van der Waals surface area contributed by atoms with Gasteiger partial charge in [0.25, 0.3) is 0 Å². The van der Waals surface area contributed by atoms with Gasteiger partial charge >= 0.3 is 0 Å². The molecule has 4 heteroatoms. The number of hydrogen-bond donors (Lipinski definition) is 1. The average molecular weight is 282 g/mol. The maximum Gasteiger partial charge on any atom is 0.209 e. The highest BCUT2D eigenvalue weighted by Crippen LogP contribution is 2.60. The topological polar surface area (TPSA) is 46.5 Å². The molecule has 1 fully saturated rings. The van der Waals surface area contributed by atoms with E-state index >= 15 is 0 Å². The number of hydrogen-bond acceptors (Lipinski definition) is 2. The Morgan fingerprint density at radius 3 is 2.42 bits per heavy atom. The molecule has 0 amide bonds. The molecule has 2 rings (SSSR count). The Bertz CT molecular complexity index is 438. The van der Waals surface area contributed by atoms with Gasteiger partial charge in [-0.2, -0.15) is 0 Å². The van der Waals surface area contributed by atoms with Crippen molar-refractivity contribution in [2.24, 2.45) is 0 Å². The Labute approximate surface area is 115 Å². The lowest BCUT2D eigenvalue weighted by atomic mass is 9.89. The lowest BCUT2D eigenvalue weighted by Crippen LogP contribution is -2.38. The Kier molecular flexibility index (Phi) is 4.70. The van der Waals surface area contributed by atoms with Crippen molar-refractivity contribution in [3.8, 4) is 5.75 Å². The minimum atomic E-state index is -3.14. The van der Waals surface area contributed by atoms with E-state index in [2.05, 4.69) is 0 Å². The summed E-state index contributed by atoms with van der Waals surface area (Å²) in [6.45, 7) is 2.16. The lowest BCUT2D eigenvalue weighted by molar-refractivity contribution is 0.212. The van der Waals surface area contributed by atoms with E-state index in [0.717, 1.165) is 37.9 Å². The molecule has 1 aliphatic rings. The van der Waals surface area contributed by atoms with Gasteiger partial charge in [-0.25, -0.2) is 0 Å². The van der Waals surface area contributed by atoms with Crippen LogP contribution in [0.3, 0.4) is 0 Å². The van der Waals surface area contributed by atoms with Crippen molar-refractivity contribution in [1.29, 1.82) is 0 Å². The highest BCUT2D eigenvalue weighted by atomic mass is 31.2. The Morgan fingerprint density at radius 1 is 1.21 bits per heavy atom. The minimum Gasteiger partial charge on any atom is -0.492 e. The molecule has 3 nitrogen and oxygen atoms in total. The van der Waals surface area contributed by atoms with Crippen LogP contribution in [0.4, 0.5) is 0 Å². The second-order valence-corrected chi connectivity index (χ2v) is 8.39. The molecule has 0 radical (unpaired) electrons. The predicted octanol–water partition coefficient (Wildman–Crippen LogP) is 4.06. The van der Waals surface area contributed by atoms with E-state index in [1.165, 1.54) is 0 Å². The highest BCUT2D eigenvalue weighted by Gasteiger charge is 2.47. The summed E-state index contributed by atoms with van der Waals surface area (Å²) in [4.78, 5) is 10.4. The summed E-state index contributed by atoms with van der Waals surface area (Å²) < 4.78 is 18.4. The maximum absolute atomic E-state index is 12.6. The first kappa shape index (κ1) is 14.6. The molecule has 1 aromatic rings. The normalized spacial score (nSPS) is 21.6. The first-order valence-corrected chi connectivity index (χ1v) is 8.94. The molecule has 0 aromatic heterocycles. The van der Waals surface area contributed by atoms with Gasteiger partial charge in [-0.3, -0.25) is 4.57 Å². The van der Waals surface area contributed by atoms with E-state index in [0.29, 0.717) is 12.8 Å². The van der Waals surface area contributed by atoms with Crippen LogP contribution in [0.15, 0.2) is 30.3 Å². The van der Waals surface area contributed by atoms with Gasteiger partial charge in [0.2, 0.25) is 7.37 Å². The van der Waals surface area contributed by atoms with Gasteiger partial charge in [0.1, 0.15) is 12.4 Å². The highest BCUT2D eigenvalue weighted by molar-refractivity contribution is 7.59. The van der Waals surface area contributed by atoms with E-state index < -0.39 is 12.5 Å². The molecule has 1 aliphatic carbocycles. The van der Waals surface area contributed by atoms with Gasteiger partial charge in [-0.1, -0.05) is 44.4 Å². The van der Waals surface area contributed by atoms with Gasteiger partial charge in [-0.15, -0.1) is 0 Å². The Hall–Kier alpha value is -0.790. The quantitative estimate of drug-likeness (QED) is 0.828. The number of benzene rings is 1. The monoisotopic (exact) mass is 282 g/mol. The zero-order chi connectivity index (χ0) is 13.8. The number of para-hydroxylation sites is 1. The van der Waals surface area contributed by atoms with E-state index in [4.69, 9.17) is 4.74 Å². The summed E-state index contributed by atoms with van der Waals surface area (Å²) in [7, 11) is -3.14. The second-order valence-electron chi connectivity index (χ2n) is 5.40. The molecule has 1 aromatic carbocycles. The molecule has 0 heterocycles. The molecule has 1 unspecified atom stereocenters. The van der Waals surface area contributed by atoms with Crippen LogP contribution in [-0.2, 0) is 4.57 Å². The molecule has 0 saturated heterocycles. The zero-order valence-corrected chi connectivity index (χ0v) is 12.4. The van der Waals surface area contributed by atoms with Gasteiger partial charge in [0.15, 0.2) is 0 Å². The minimum absolute atomic E-state index is 0.338. The van der Waals surface area contributed by atoms with Crippen LogP contribution in [0.2, 0.25) is 0 Å². The van der Waals surface area contributed by atoms with E-state index in [1.54, 1.807) is 6.92 Å². The van der Waals surface area contributed by atoms with Crippen LogP contribution in [0.25, 0.3) is 0 Å². The maximum atomic E-state index is 12.6. The summed E-state index contributed by atoms with van der Waals surface area (Å²) in [5.74, 6) is 0.781.